The Morgan fingerprint density at radius 2 is 2.06 bits per heavy atom. The Morgan fingerprint density at radius 1 is 1.29 bits per heavy atom. The average molecular weight is 462 g/mol. The maximum atomic E-state index is 13.3. The molecule has 7 heteroatoms. The van der Waals surface area contributed by atoms with E-state index in [4.69, 9.17) is 9.72 Å². The van der Waals surface area contributed by atoms with Gasteiger partial charge < -0.3 is 14.6 Å². The quantitative estimate of drug-likeness (QED) is 0.592. The lowest BCUT2D eigenvalue weighted by molar-refractivity contribution is -0.124. The van der Waals surface area contributed by atoms with Crippen LogP contribution in [0.3, 0.4) is 0 Å². The summed E-state index contributed by atoms with van der Waals surface area (Å²) >= 11 is 0. The molecule has 1 unspecified atom stereocenters. The predicted octanol–water partition coefficient (Wildman–Crippen LogP) is 4.66. The third-order valence-corrected chi connectivity index (χ3v) is 9.39. The van der Waals surface area contributed by atoms with Crippen molar-refractivity contribution in [3.8, 4) is 11.5 Å². The second kappa shape index (κ2) is 7.67. The lowest BCUT2D eigenvalue weighted by atomic mass is 9.86. The van der Waals surface area contributed by atoms with Crippen LogP contribution < -0.4 is 4.90 Å². The second-order valence-corrected chi connectivity index (χ2v) is 11.2. The molecular formula is C27H35N5O2. The van der Waals surface area contributed by atoms with Crippen LogP contribution in [0.15, 0.2) is 12.1 Å². The van der Waals surface area contributed by atoms with Gasteiger partial charge in [0.2, 0.25) is 5.91 Å². The molecule has 180 valence electrons. The van der Waals surface area contributed by atoms with Gasteiger partial charge in [-0.2, -0.15) is 5.10 Å². The maximum Gasteiger partial charge on any atom is 0.229 e. The standard InChI is InChI=1S/C27H35N5O2/c1-14-10-20-21(12-23(14)32(5)26(33)15(2)17-6-8-34-9-7-17)29-25(28-20)24-18-11-19-16(3)27(19,4)13-22(18)30-31-24/h10,12,15-17,19H,6-9,11,13H2,1-5H3,(H,28,29)(H,30,31)/t15?,16-,19+,27-/m0/s1. The normalized spacial score (nSPS) is 27.3. The van der Waals surface area contributed by atoms with Crippen molar-refractivity contribution < 1.29 is 9.53 Å². The van der Waals surface area contributed by atoms with Crippen molar-refractivity contribution in [3.63, 3.8) is 0 Å². The Morgan fingerprint density at radius 3 is 2.82 bits per heavy atom. The number of imidazole rings is 1. The van der Waals surface area contributed by atoms with Gasteiger partial charge in [-0.25, -0.2) is 4.98 Å². The smallest absolute Gasteiger partial charge is 0.229 e. The Labute approximate surface area is 200 Å². The largest absolute Gasteiger partial charge is 0.381 e. The van der Waals surface area contributed by atoms with Crippen molar-refractivity contribution in [1.29, 1.82) is 0 Å². The molecule has 3 heterocycles. The number of H-pyrrole nitrogens is 2. The first-order chi connectivity index (χ1) is 16.3. The zero-order chi connectivity index (χ0) is 23.8. The van der Waals surface area contributed by atoms with E-state index in [1.54, 1.807) is 0 Å². The summed E-state index contributed by atoms with van der Waals surface area (Å²) in [6.45, 7) is 10.4. The van der Waals surface area contributed by atoms with Crippen LogP contribution in [0.4, 0.5) is 5.69 Å². The first kappa shape index (κ1) is 21.8. The SMILES string of the molecule is Cc1cc2[nH]c(-c3n[nH]c4c3C[C@@H]3[C@H](C)[C@]3(C)C4)nc2cc1N(C)C(=O)C(C)C1CCOCC1. The van der Waals surface area contributed by atoms with E-state index < -0.39 is 0 Å². The number of carbonyl (C=O) groups excluding carboxylic acids is 1. The molecule has 1 aromatic carbocycles. The molecule has 1 aliphatic heterocycles. The number of anilines is 1. The topological polar surface area (TPSA) is 86.9 Å². The minimum Gasteiger partial charge on any atom is -0.381 e. The van der Waals surface area contributed by atoms with Gasteiger partial charge in [0.1, 0.15) is 5.69 Å². The van der Waals surface area contributed by atoms with Crippen molar-refractivity contribution >= 4 is 22.6 Å². The monoisotopic (exact) mass is 461 g/mol. The third kappa shape index (κ3) is 3.23. The number of aromatic amines is 2. The number of benzene rings is 1. The van der Waals surface area contributed by atoms with E-state index >= 15 is 0 Å². The van der Waals surface area contributed by atoms with E-state index in [0.29, 0.717) is 11.3 Å². The molecule has 34 heavy (non-hydrogen) atoms. The number of hydrogen-bond acceptors (Lipinski definition) is 4. The fourth-order valence-electron chi connectivity index (χ4n) is 6.65. The number of nitrogens with one attached hydrogen (secondary N) is 2. The molecule has 3 aromatic rings. The van der Waals surface area contributed by atoms with Gasteiger partial charge in [0.15, 0.2) is 5.82 Å². The van der Waals surface area contributed by atoms with Crippen LogP contribution in [0.25, 0.3) is 22.6 Å². The number of aryl methyl sites for hydroxylation is 1. The Hall–Kier alpha value is -2.67. The summed E-state index contributed by atoms with van der Waals surface area (Å²) in [6.07, 6.45) is 4.05. The van der Waals surface area contributed by atoms with Crippen LogP contribution in [0.1, 0.15) is 50.4 Å². The Bertz CT molecular complexity index is 1270. The zero-order valence-corrected chi connectivity index (χ0v) is 20.9. The van der Waals surface area contributed by atoms with Crippen LogP contribution in [-0.4, -0.2) is 46.3 Å². The molecule has 7 nitrogen and oxygen atoms in total. The lowest BCUT2D eigenvalue weighted by Crippen LogP contribution is -2.37. The second-order valence-electron chi connectivity index (χ2n) is 11.2. The van der Waals surface area contributed by atoms with Crippen LogP contribution in [-0.2, 0) is 22.4 Å². The first-order valence-corrected chi connectivity index (χ1v) is 12.7. The molecule has 0 radical (unpaired) electrons. The van der Waals surface area contributed by atoms with Crippen LogP contribution >= 0.6 is 0 Å². The number of fused-ring (bicyclic) bond motifs is 3. The summed E-state index contributed by atoms with van der Waals surface area (Å²) < 4.78 is 5.48. The summed E-state index contributed by atoms with van der Waals surface area (Å²) in [5.41, 5.74) is 7.78. The number of nitrogens with zero attached hydrogens (tertiary/aromatic N) is 3. The zero-order valence-electron chi connectivity index (χ0n) is 20.9. The highest BCUT2D eigenvalue weighted by Crippen LogP contribution is 2.64. The number of aromatic nitrogens is 4. The predicted molar refractivity (Wildman–Crippen MR) is 133 cm³/mol. The number of carbonyl (C=O) groups is 1. The van der Waals surface area contributed by atoms with E-state index in [9.17, 15) is 4.79 Å². The van der Waals surface area contributed by atoms with E-state index in [1.165, 1.54) is 11.3 Å². The highest BCUT2D eigenvalue weighted by molar-refractivity contribution is 5.97. The third-order valence-electron chi connectivity index (χ3n) is 9.39. The van der Waals surface area contributed by atoms with E-state index in [2.05, 4.69) is 48.9 Å². The van der Waals surface area contributed by atoms with Crippen LogP contribution in [0.2, 0.25) is 0 Å². The molecular weight excluding hydrogens is 426 g/mol. The molecule has 2 aromatic heterocycles. The summed E-state index contributed by atoms with van der Waals surface area (Å²) in [4.78, 5) is 23.5. The van der Waals surface area contributed by atoms with Crippen molar-refractivity contribution in [1.82, 2.24) is 20.2 Å². The van der Waals surface area contributed by atoms with Gasteiger partial charge in [0, 0.05) is 43.1 Å². The minimum atomic E-state index is -0.0233. The number of rotatable bonds is 4. The Kier molecular flexibility index (Phi) is 4.93. The summed E-state index contributed by atoms with van der Waals surface area (Å²) in [6, 6.07) is 4.14. The number of hydrogen-bond donors (Lipinski definition) is 2. The number of amides is 1. The van der Waals surface area contributed by atoms with E-state index in [0.717, 1.165) is 84.5 Å². The average Bonchev–Trinajstić information content (AvgIpc) is 3.18. The van der Waals surface area contributed by atoms with Crippen molar-refractivity contribution in [2.24, 2.45) is 29.1 Å². The highest BCUT2D eigenvalue weighted by Gasteiger charge is 2.60. The fourth-order valence-corrected chi connectivity index (χ4v) is 6.65. The molecule has 1 saturated heterocycles. The van der Waals surface area contributed by atoms with E-state index in [-0.39, 0.29) is 11.8 Å². The van der Waals surface area contributed by atoms with E-state index in [1.807, 2.05) is 18.0 Å². The van der Waals surface area contributed by atoms with Gasteiger partial charge in [0.25, 0.3) is 0 Å². The van der Waals surface area contributed by atoms with Crippen molar-refractivity contribution in [2.45, 2.75) is 53.4 Å². The maximum absolute atomic E-state index is 13.3. The molecule has 3 aliphatic rings. The number of ether oxygens (including phenoxy) is 1. The molecule has 2 aliphatic carbocycles. The molecule has 1 amide bonds. The van der Waals surface area contributed by atoms with Gasteiger partial charge in [-0.15, -0.1) is 0 Å². The summed E-state index contributed by atoms with van der Waals surface area (Å²) in [5, 5.41) is 7.96. The molecule has 0 spiro atoms. The molecule has 6 rings (SSSR count). The molecule has 2 fully saturated rings. The van der Waals surface area contributed by atoms with Gasteiger partial charge in [-0.1, -0.05) is 20.8 Å². The van der Waals surface area contributed by atoms with Gasteiger partial charge in [0.05, 0.1) is 11.0 Å². The van der Waals surface area contributed by atoms with Crippen LogP contribution in [0.5, 0.6) is 0 Å². The van der Waals surface area contributed by atoms with Crippen LogP contribution in [0, 0.1) is 36.0 Å². The summed E-state index contributed by atoms with van der Waals surface area (Å²) in [7, 11) is 1.89. The summed E-state index contributed by atoms with van der Waals surface area (Å²) in [5.74, 6) is 2.83. The molecule has 4 atom stereocenters. The molecule has 0 bridgehead atoms. The van der Waals surface area contributed by atoms with Gasteiger partial charge in [-0.3, -0.25) is 9.89 Å². The van der Waals surface area contributed by atoms with Crippen molar-refractivity contribution in [2.75, 3.05) is 25.2 Å². The lowest BCUT2D eigenvalue weighted by Gasteiger charge is -2.30. The van der Waals surface area contributed by atoms with Gasteiger partial charge in [-0.05, 0) is 73.5 Å². The highest BCUT2D eigenvalue weighted by atomic mass is 16.5. The Balaban J connectivity index is 1.29. The van der Waals surface area contributed by atoms with Gasteiger partial charge >= 0.3 is 0 Å². The van der Waals surface area contributed by atoms with Crippen molar-refractivity contribution in [3.05, 3.63) is 29.0 Å². The minimum absolute atomic E-state index is 0.0233. The fraction of sp³-hybridized carbons (Fsp3) is 0.593. The molecule has 2 N–H and O–H groups in total. The first-order valence-electron chi connectivity index (χ1n) is 12.7. The molecule has 1 saturated carbocycles.